The van der Waals surface area contributed by atoms with Gasteiger partial charge < -0.3 is 9.47 Å². The molecule has 1 aromatic carbocycles. The highest BCUT2D eigenvalue weighted by atomic mass is 19.1. The number of methoxy groups -OCH3 is 1. The molecule has 1 amide bonds. The van der Waals surface area contributed by atoms with Gasteiger partial charge in [0.2, 0.25) is 0 Å². The average molecular weight is 438 g/mol. The Kier molecular flexibility index (Phi) is 4.80. The molecule has 0 radical (unpaired) electrons. The van der Waals surface area contributed by atoms with Gasteiger partial charge in [0.05, 0.1) is 18.8 Å². The van der Waals surface area contributed by atoms with E-state index in [1.807, 2.05) is 0 Å². The van der Waals surface area contributed by atoms with Gasteiger partial charge in [-0.1, -0.05) is 6.07 Å². The first-order valence-electron chi connectivity index (χ1n) is 10.0. The van der Waals surface area contributed by atoms with Gasteiger partial charge in [0.1, 0.15) is 17.6 Å². The second-order valence-electron chi connectivity index (χ2n) is 7.70. The first kappa shape index (κ1) is 20.0. The third kappa shape index (κ3) is 3.26. The summed E-state index contributed by atoms with van der Waals surface area (Å²) in [4.78, 5) is 29.7. The first-order valence-corrected chi connectivity index (χ1v) is 10.0. The van der Waals surface area contributed by atoms with Gasteiger partial charge in [0, 0.05) is 30.8 Å². The number of halogens is 1. The SMILES string of the molecule is COC(=O)CC[C@@H]1OC(=O)N2c3cc(F)c(-c4ccc(-c5nnnn5C)nc4)cc3C[C@@H]12. The largest absolute Gasteiger partial charge is 0.469 e. The number of hydrogen-bond acceptors (Lipinski definition) is 8. The highest BCUT2D eigenvalue weighted by Gasteiger charge is 2.47. The zero-order valence-corrected chi connectivity index (χ0v) is 17.4. The molecule has 0 aliphatic carbocycles. The summed E-state index contributed by atoms with van der Waals surface area (Å²) in [6.07, 6.45) is 1.59. The van der Waals surface area contributed by atoms with Crippen molar-refractivity contribution in [3.8, 4) is 22.6 Å². The van der Waals surface area contributed by atoms with E-state index in [0.717, 1.165) is 5.56 Å². The number of anilines is 1. The number of hydrogen-bond donors (Lipinski definition) is 0. The Bertz CT molecular complexity index is 1210. The van der Waals surface area contributed by atoms with Crippen molar-refractivity contribution in [1.82, 2.24) is 25.2 Å². The number of cyclic esters (lactones) is 1. The standard InChI is InChI=1S/C21H19FN6O4/c1-27-20(24-25-26-27)15-4-3-11(10-23-15)13-7-12-8-17-18(5-6-19(29)31-2)32-21(30)28(17)16(12)9-14(13)22/h3-4,7,9-10,17-18H,5-6,8H2,1-2H3/t17-,18-/m0/s1. The topological polar surface area (TPSA) is 112 Å². The quantitative estimate of drug-likeness (QED) is 0.558. The molecule has 164 valence electrons. The molecule has 2 aromatic heterocycles. The van der Waals surface area contributed by atoms with Gasteiger partial charge in [-0.05, 0) is 47.0 Å². The maximum atomic E-state index is 15.0. The third-order valence-corrected chi connectivity index (χ3v) is 5.85. The number of tetrazole rings is 1. The number of pyridine rings is 1. The van der Waals surface area contributed by atoms with Crippen LogP contribution in [0.2, 0.25) is 0 Å². The molecule has 1 fully saturated rings. The summed E-state index contributed by atoms with van der Waals surface area (Å²) in [7, 11) is 3.03. The zero-order chi connectivity index (χ0) is 22.4. The first-order chi connectivity index (χ1) is 15.5. The van der Waals surface area contributed by atoms with E-state index in [1.165, 1.54) is 22.8 Å². The number of nitrogens with zero attached hydrogens (tertiary/aromatic N) is 6. The number of rotatable bonds is 5. The Morgan fingerprint density at radius 1 is 1.34 bits per heavy atom. The molecule has 1 saturated heterocycles. The summed E-state index contributed by atoms with van der Waals surface area (Å²) in [5.41, 5.74) is 2.89. The van der Waals surface area contributed by atoms with E-state index < -0.39 is 18.0 Å². The van der Waals surface area contributed by atoms with Crippen LogP contribution in [0.3, 0.4) is 0 Å². The number of esters is 1. The second-order valence-corrected chi connectivity index (χ2v) is 7.70. The molecule has 4 heterocycles. The Morgan fingerprint density at radius 2 is 2.19 bits per heavy atom. The van der Waals surface area contributed by atoms with Gasteiger partial charge in [-0.2, -0.15) is 0 Å². The van der Waals surface area contributed by atoms with E-state index in [2.05, 4.69) is 25.2 Å². The molecule has 0 N–H and O–H groups in total. The molecule has 0 bridgehead atoms. The number of benzene rings is 1. The normalized spacial score (nSPS) is 19.0. The van der Waals surface area contributed by atoms with Gasteiger partial charge in [0.25, 0.3) is 0 Å². The number of aromatic nitrogens is 5. The van der Waals surface area contributed by atoms with E-state index in [9.17, 15) is 9.59 Å². The molecular formula is C21H19FN6O4. The summed E-state index contributed by atoms with van der Waals surface area (Å²) in [6.45, 7) is 0. The predicted molar refractivity (Wildman–Crippen MR) is 109 cm³/mol. The van der Waals surface area contributed by atoms with E-state index in [1.54, 1.807) is 31.4 Å². The summed E-state index contributed by atoms with van der Waals surface area (Å²) in [5, 5.41) is 11.3. The molecule has 2 atom stereocenters. The van der Waals surface area contributed by atoms with Crippen LogP contribution in [0, 0.1) is 5.82 Å². The van der Waals surface area contributed by atoms with Crippen LogP contribution in [0.5, 0.6) is 0 Å². The minimum atomic E-state index is -0.529. The summed E-state index contributed by atoms with van der Waals surface area (Å²) >= 11 is 0. The minimum Gasteiger partial charge on any atom is -0.469 e. The molecular weight excluding hydrogens is 419 g/mol. The lowest BCUT2D eigenvalue weighted by Crippen LogP contribution is -2.33. The molecule has 5 rings (SSSR count). The maximum Gasteiger partial charge on any atom is 0.415 e. The lowest BCUT2D eigenvalue weighted by Gasteiger charge is -2.16. The lowest BCUT2D eigenvalue weighted by molar-refractivity contribution is -0.141. The number of ether oxygens (including phenoxy) is 2. The van der Waals surface area contributed by atoms with Crippen LogP contribution in [0.1, 0.15) is 18.4 Å². The van der Waals surface area contributed by atoms with Crippen LogP contribution in [0.15, 0.2) is 30.5 Å². The van der Waals surface area contributed by atoms with Crippen LogP contribution >= 0.6 is 0 Å². The van der Waals surface area contributed by atoms with Gasteiger partial charge in [-0.3, -0.25) is 14.7 Å². The van der Waals surface area contributed by atoms with E-state index in [-0.39, 0.29) is 18.4 Å². The Balaban J connectivity index is 1.41. The Morgan fingerprint density at radius 3 is 2.88 bits per heavy atom. The fourth-order valence-electron chi connectivity index (χ4n) is 4.25. The van der Waals surface area contributed by atoms with Gasteiger partial charge in [0.15, 0.2) is 5.82 Å². The number of carbonyl (C=O) groups is 2. The van der Waals surface area contributed by atoms with Gasteiger partial charge >= 0.3 is 12.1 Å². The van der Waals surface area contributed by atoms with Crippen molar-refractivity contribution in [3.05, 3.63) is 41.8 Å². The maximum absolute atomic E-state index is 15.0. The molecule has 10 nitrogen and oxygen atoms in total. The minimum absolute atomic E-state index is 0.147. The predicted octanol–water partition coefficient (Wildman–Crippen LogP) is 2.28. The molecule has 0 saturated carbocycles. The number of aryl methyl sites for hydroxylation is 1. The fourth-order valence-corrected chi connectivity index (χ4v) is 4.25. The van der Waals surface area contributed by atoms with Crippen molar-refractivity contribution in [3.63, 3.8) is 0 Å². The van der Waals surface area contributed by atoms with Crippen LogP contribution in [0.25, 0.3) is 22.6 Å². The Labute approximate surface area is 181 Å². The highest BCUT2D eigenvalue weighted by molar-refractivity contribution is 5.94. The fraction of sp³-hybridized carbons (Fsp3) is 0.333. The summed E-state index contributed by atoms with van der Waals surface area (Å²) in [5.74, 6) is -0.329. The number of amides is 1. The van der Waals surface area contributed by atoms with Gasteiger partial charge in [-0.25, -0.2) is 13.9 Å². The molecule has 0 unspecified atom stereocenters. The monoisotopic (exact) mass is 438 g/mol. The summed E-state index contributed by atoms with van der Waals surface area (Å²) < 4.78 is 26.6. The van der Waals surface area contributed by atoms with Crippen molar-refractivity contribution in [1.29, 1.82) is 0 Å². The average Bonchev–Trinajstić information content (AvgIpc) is 3.46. The summed E-state index contributed by atoms with van der Waals surface area (Å²) in [6, 6.07) is 6.31. The van der Waals surface area contributed by atoms with Crippen molar-refractivity contribution in [2.24, 2.45) is 7.05 Å². The van der Waals surface area contributed by atoms with Crippen LogP contribution in [-0.2, 0) is 27.7 Å². The van der Waals surface area contributed by atoms with Crippen LogP contribution in [0.4, 0.5) is 14.9 Å². The molecule has 2 aliphatic heterocycles. The van der Waals surface area contributed by atoms with Crippen molar-refractivity contribution < 1.29 is 23.5 Å². The molecule has 2 aliphatic rings. The van der Waals surface area contributed by atoms with Crippen LogP contribution < -0.4 is 4.90 Å². The van der Waals surface area contributed by atoms with E-state index in [4.69, 9.17) is 4.74 Å². The Hall–Kier alpha value is -3.89. The van der Waals surface area contributed by atoms with E-state index >= 15 is 4.39 Å². The third-order valence-electron chi connectivity index (χ3n) is 5.85. The second kappa shape index (κ2) is 7.66. The number of fused-ring (bicyclic) bond motifs is 3. The highest BCUT2D eigenvalue weighted by Crippen LogP contribution is 2.42. The molecule has 32 heavy (non-hydrogen) atoms. The van der Waals surface area contributed by atoms with Crippen molar-refractivity contribution in [2.75, 3.05) is 12.0 Å². The van der Waals surface area contributed by atoms with Crippen molar-refractivity contribution in [2.45, 2.75) is 31.4 Å². The lowest BCUT2D eigenvalue weighted by atomic mass is 9.99. The zero-order valence-electron chi connectivity index (χ0n) is 17.4. The van der Waals surface area contributed by atoms with Crippen LogP contribution in [-0.4, -0.2) is 56.5 Å². The number of carbonyl (C=O) groups excluding carboxylic acids is 2. The molecule has 11 heteroatoms. The molecule has 3 aromatic rings. The smallest absolute Gasteiger partial charge is 0.415 e. The van der Waals surface area contributed by atoms with Crippen molar-refractivity contribution >= 4 is 17.7 Å². The van der Waals surface area contributed by atoms with E-state index in [0.29, 0.717) is 41.2 Å². The molecule has 0 spiro atoms. The van der Waals surface area contributed by atoms with Gasteiger partial charge in [-0.15, -0.1) is 5.10 Å².